The summed E-state index contributed by atoms with van der Waals surface area (Å²) in [5, 5.41) is 11.4. The lowest BCUT2D eigenvalue weighted by Gasteiger charge is -2.34. The molecule has 0 saturated carbocycles. The number of rotatable bonds is 3. The third-order valence-electron chi connectivity index (χ3n) is 7.17. The van der Waals surface area contributed by atoms with Crippen LogP contribution in [0, 0.1) is 17.2 Å². The molecule has 2 aliphatic rings. The van der Waals surface area contributed by atoms with E-state index in [9.17, 15) is 14.9 Å². The quantitative estimate of drug-likeness (QED) is 0.587. The Bertz CT molecular complexity index is 1270. The summed E-state index contributed by atoms with van der Waals surface area (Å²) in [7, 11) is 0. The summed E-state index contributed by atoms with van der Waals surface area (Å²) in [5.41, 5.74) is 1.29. The van der Waals surface area contributed by atoms with Gasteiger partial charge in [-0.05, 0) is 48.2 Å². The molecule has 0 bridgehead atoms. The molecule has 0 unspecified atom stereocenters. The van der Waals surface area contributed by atoms with Crippen molar-refractivity contribution in [2.75, 3.05) is 44.2 Å². The largest absolute Gasteiger partial charge is 0.354 e. The Morgan fingerprint density at radius 3 is 2.49 bits per heavy atom. The molecular weight excluding hydrogens is 438 g/mol. The number of nitriles is 1. The van der Waals surface area contributed by atoms with Crippen LogP contribution in [0.3, 0.4) is 0 Å². The van der Waals surface area contributed by atoms with Gasteiger partial charge in [-0.15, -0.1) is 0 Å². The number of pyridine rings is 1. The predicted octanol–water partition coefficient (Wildman–Crippen LogP) is 3.70. The standard InChI is InChI=1S/C28H29N5O2/c29-20-23-8-4-13-30-26(23)31-14-5-15-32(19-18-31)27(34)22-11-16-33(17-12-22)28(35)25-10-3-7-21-6-1-2-9-24(21)25/h1-4,6-10,13,22H,5,11-12,14-19H2. The number of carbonyl (C=O) groups is 2. The SMILES string of the molecule is N#Cc1cccnc1N1CCCN(C(=O)C2CCN(C(=O)c3cccc4ccccc34)CC2)CC1. The zero-order chi connectivity index (χ0) is 24.2. The van der Waals surface area contributed by atoms with Gasteiger partial charge in [0.1, 0.15) is 11.9 Å². The van der Waals surface area contributed by atoms with Crippen LogP contribution in [-0.4, -0.2) is 65.9 Å². The zero-order valence-corrected chi connectivity index (χ0v) is 19.8. The van der Waals surface area contributed by atoms with Crippen molar-refractivity contribution < 1.29 is 9.59 Å². The number of aromatic nitrogens is 1. The molecule has 2 aromatic carbocycles. The number of likely N-dealkylation sites (tertiary alicyclic amines) is 1. The fourth-order valence-electron chi connectivity index (χ4n) is 5.26. The molecule has 2 fully saturated rings. The Hall–Kier alpha value is -3.92. The highest BCUT2D eigenvalue weighted by atomic mass is 16.2. The van der Waals surface area contributed by atoms with Crippen molar-refractivity contribution in [3.05, 3.63) is 71.9 Å². The molecule has 7 nitrogen and oxygen atoms in total. The van der Waals surface area contributed by atoms with E-state index in [0.717, 1.165) is 29.3 Å². The van der Waals surface area contributed by atoms with E-state index in [-0.39, 0.29) is 17.7 Å². The van der Waals surface area contributed by atoms with Crippen molar-refractivity contribution in [3.63, 3.8) is 0 Å². The lowest BCUT2D eigenvalue weighted by atomic mass is 9.94. The summed E-state index contributed by atoms with van der Waals surface area (Å²) in [6.45, 7) is 3.95. The predicted molar refractivity (Wildman–Crippen MR) is 135 cm³/mol. The van der Waals surface area contributed by atoms with Crippen LogP contribution < -0.4 is 4.90 Å². The number of hydrogen-bond acceptors (Lipinski definition) is 5. The van der Waals surface area contributed by atoms with Crippen molar-refractivity contribution >= 4 is 28.4 Å². The number of nitrogens with zero attached hydrogens (tertiary/aromatic N) is 5. The molecule has 2 amide bonds. The van der Waals surface area contributed by atoms with Crippen molar-refractivity contribution in [1.82, 2.24) is 14.8 Å². The minimum atomic E-state index is -0.0531. The Morgan fingerprint density at radius 1 is 0.857 bits per heavy atom. The van der Waals surface area contributed by atoms with Crippen LogP contribution in [0.2, 0.25) is 0 Å². The summed E-state index contributed by atoms with van der Waals surface area (Å²) in [6, 6.07) is 19.6. The first kappa shape index (κ1) is 22.9. The van der Waals surface area contributed by atoms with Crippen LogP contribution in [0.5, 0.6) is 0 Å². The molecule has 2 saturated heterocycles. The van der Waals surface area contributed by atoms with Crippen LogP contribution >= 0.6 is 0 Å². The minimum absolute atomic E-state index is 0.0433. The fourth-order valence-corrected chi connectivity index (χ4v) is 5.26. The average molecular weight is 468 g/mol. The second-order valence-electron chi connectivity index (χ2n) is 9.25. The second-order valence-corrected chi connectivity index (χ2v) is 9.25. The van der Waals surface area contributed by atoms with E-state index < -0.39 is 0 Å². The number of carbonyl (C=O) groups excluding carboxylic acids is 2. The normalized spacial score (nSPS) is 17.2. The average Bonchev–Trinajstić information content (AvgIpc) is 3.18. The maximum absolute atomic E-state index is 13.3. The minimum Gasteiger partial charge on any atom is -0.354 e. The maximum Gasteiger partial charge on any atom is 0.254 e. The van der Waals surface area contributed by atoms with Gasteiger partial charge in [0.05, 0.1) is 5.56 Å². The highest BCUT2D eigenvalue weighted by molar-refractivity contribution is 6.07. The van der Waals surface area contributed by atoms with Crippen LogP contribution in [0.25, 0.3) is 10.8 Å². The van der Waals surface area contributed by atoms with Crippen molar-refractivity contribution in [2.45, 2.75) is 19.3 Å². The Balaban J connectivity index is 1.19. The van der Waals surface area contributed by atoms with Crippen molar-refractivity contribution in [3.8, 4) is 6.07 Å². The molecule has 35 heavy (non-hydrogen) atoms. The van der Waals surface area contributed by atoms with Gasteiger partial charge in [-0.2, -0.15) is 5.26 Å². The fraction of sp³-hybridized carbons (Fsp3) is 0.357. The number of hydrogen-bond donors (Lipinski definition) is 0. The van der Waals surface area contributed by atoms with Crippen LogP contribution in [0.1, 0.15) is 35.2 Å². The highest BCUT2D eigenvalue weighted by Gasteiger charge is 2.32. The van der Waals surface area contributed by atoms with Crippen LogP contribution in [-0.2, 0) is 4.79 Å². The van der Waals surface area contributed by atoms with Gasteiger partial charge in [-0.1, -0.05) is 36.4 Å². The van der Waals surface area contributed by atoms with Crippen molar-refractivity contribution in [2.24, 2.45) is 5.92 Å². The summed E-state index contributed by atoms with van der Waals surface area (Å²) < 4.78 is 0. The molecule has 2 aliphatic heterocycles. The maximum atomic E-state index is 13.3. The topological polar surface area (TPSA) is 80.5 Å². The molecular formula is C28H29N5O2. The second kappa shape index (κ2) is 10.1. The van der Waals surface area contributed by atoms with E-state index >= 15 is 0 Å². The Labute approximate surface area is 205 Å². The highest BCUT2D eigenvalue weighted by Crippen LogP contribution is 2.26. The van der Waals surface area contributed by atoms with E-state index in [1.54, 1.807) is 18.3 Å². The van der Waals surface area contributed by atoms with Crippen LogP contribution in [0.15, 0.2) is 60.8 Å². The van der Waals surface area contributed by atoms with Gasteiger partial charge in [-0.3, -0.25) is 9.59 Å². The molecule has 0 atom stereocenters. The first-order valence-electron chi connectivity index (χ1n) is 12.3. The van der Waals surface area contributed by atoms with Gasteiger partial charge in [0, 0.05) is 56.9 Å². The lowest BCUT2D eigenvalue weighted by Crippen LogP contribution is -2.45. The van der Waals surface area contributed by atoms with E-state index in [1.807, 2.05) is 52.3 Å². The molecule has 178 valence electrons. The number of fused-ring (bicyclic) bond motifs is 1. The smallest absolute Gasteiger partial charge is 0.254 e. The summed E-state index contributed by atoms with van der Waals surface area (Å²) in [5.74, 6) is 0.875. The third-order valence-corrected chi connectivity index (χ3v) is 7.17. The molecule has 0 spiro atoms. The lowest BCUT2D eigenvalue weighted by molar-refractivity contribution is -0.136. The number of amides is 2. The van der Waals surface area contributed by atoms with E-state index in [0.29, 0.717) is 56.9 Å². The van der Waals surface area contributed by atoms with Crippen LogP contribution in [0.4, 0.5) is 5.82 Å². The first-order valence-corrected chi connectivity index (χ1v) is 12.3. The van der Waals surface area contributed by atoms with Gasteiger partial charge < -0.3 is 14.7 Å². The first-order chi connectivity index (χ1) is 17.2. The molecule has 3 heterocycles. The number of anilines is 1. The molecule has 0 N–H and O–H groups in total. The van der Waals surface area contributed by atoms with Gasteiger partial charge >= 0.3 is 0 Å². The monoisotopic (exact) mass is 467 g/mol. The summed E-state index contributed by atoms with van der Waals surface area (Å²) in [6.07, 6.45) is 3.92. The summed E-state index contributed by atoms with van der Waals surface area (Å²) >= 11 is 0. The Kier molecular flexibility index (Phi) is 6.62. The third kappa shape index (κ3) is 4.69. The van der Waals surface area contributed by atoms with E-state index in [2.05, 4.69) is 16.0 Å². The number of benzene rings is 2. The van der Waals surface area contributed by atoms with Crippen molar-refractivity contribution in [1.29, 1.82) is 5.26 Å². The molecule has 0 aliphatic carbocycles. The molecule has 7 heteroatoms. The van der Waals surface area contributed by atoms with E-state index in [4.69, 9.17) is 0 Å². The van der Waals surface area contributed by atoms with Gasteiger partial charge in [0.2, 0.25) is 5.91 Å². The van der Waals surface area contributed by atoms with E-state index in [1.165, 1.54) is 0 Å². The molecule has 0 radical (unpaired) electrons. The number of piperidine rings is 1. The van der Waals surface area contributed by atoms with Gasteiger partial charge in [0.25, 0.3) is 5.91 Å². The van der Waals surface area contributed by atoms with Gasteiger partial charge in [-0.25, -0.2) is 4.98 Å². The Morgan fingerprint density at radius 2 is 1.66 bits per heavy atom. The molecule has 5 rings (SSSR count). The molecule has 1 aromatic heterocycles. The van der Waals surface area contributed by atoms with Gasteiger partial charge in [0.15, 0.2) is 0 Å². The zero-order valence-electron chi connectivity index (χ0n) is 19.8. The summed E-state index contributed by atoms with van der Waals surface area (Å²) in [4.78, 5) is 36.9. The molecule has 3 aromatic rings.